The van der Waals surface area contributed by atoms with E-state index in [9.17, 15) is 9.90 Å². The van der Waals surface area contributed by atoms with Crippen LogP contribution in [0.4, 0.5) is 0 Å². The molecule has 0 heterocycles. The van der Waals surface area contributed by atoms with E-state index >= 15 is 0 Å². The summed E-state index contributed by atoms with van der Waals surface area (Å²) in [7, 11) is 0. The largest absolute Gasteiger partial charge is 0.480 e. The first-order valence-corrected chi connectivity index (χ1v) is 8.28. The Morgan fingerprint density at radius 1 is 1.15 bits per heavy atom. The van der Waals surface area contributed by atoms with Crippen molar-refractivity contribution in [3.8, 4) is 0 Å². The number of carboxylic acid groups (broad SMARTS) is 1. The van der Waals surface area contributed by atoms with Crippen LogP contribution in [0.25, 0.3) is 0 Å². The highest BCUT2D eigenvalue weighted by Crippen LogP contribution is 2.27. The highest BCUT2D eigenvalue weighted by molar-refractivity contribution is 14.1. The third kappa shape index (κ3) is 4.68. The average molecular weight is 419 g/mol. The van der Waals surface area contributed by atoms with Crippen molar-refractivity contribution in [2.24, 2.45) is 0 Å². The number of carbonyl (C=O) groups is 1. The van der Waals surface area contributed by atoms with E-state index in [1.54, 1.807) is 12.1 Å². The monoisotopic (exact) mass is 418 g/mol. The van der Waals surface area contributed by atoms with Crippen molar-refractivity contribution < 1.29 is 9.90 Å². The maximum absolute atomic E-state index is 11.4. The molecule has 2 rings (SSSR count). The van der Waals surface area contributed by atoms with Gasteiger partial charge in [0.05, 0.1) is 0 Å². The van der Waals surface area contributed by atoms with E-state index in [1.165, 1.54) is 11.8 Å². The van der Waals surface area contributed by atoms with Crippen LogP contribution in [0.15, 0.2) is 53.4 Å². The van der Waals surface area contributed by atoms with Gasteiger partial charge in [0.15, 0.2) is 0 Å². The zero-order valence-electron chi connectivity index (χ0n) is 10.4. The Morgan fingerprint density at radius 2 is 1.75 bits per heavy atom. The van der Waals surface area contributed by atoms with E-state index in [0.29, 0.717) is 11.4 Å². The molecule has 0 amide bonds. The molecule has 0 spiro atoms. The summed E-state index contributed by atoms with van der Waals surface area (Å²) in [6, 6.07) is 15.2. The number of hydrogen-bond donors (Lipinski definition) is 1. The zero-order chi connectivity index (χ0) is 14.5. The Morgan fingerprint density at radius 3 is 2.30 bits per heavy atom. The molecule has 0 aliphatic carbocycles. The van der Waals surface area contributed by atoms with Gasteiger partial charge in [0.1, 0.15) is 5.25 Å². The fourth-order valence-electron chi connectivity index (χ4n) is 1.69. The molecular weight excluding hydrogens is 407 g/mol. The van der Waals surface area contributed by atoms with Crippen LogP contribution >= 0.6 is 46.0 Å². The van der Waals surface area contributed by atoms with Gasteiger partial charge in [-0.05, 0) is 71.0 Å². The van der Waals surface area contributed by atoms with E-state index in [-0.39, 0.29) is 0 Å². The summed E-state index contributed by atoms with van der Waals surface area (Å²) in [5, 5.41) is 9.50. The molecule has 1 atom stereocenters. The van der Waals surface area contributed by atoms with Gasteiger partial charge in [-0.15, -0.1) is 11.8 Å². The first-order valence-electron chi connectivity index (χ1n) is 5.94. The standard InChI is InChI=1S/C15H12ClIO2S/c16-11-3-7-13(8-4-11)20-14(15(18)19)9-10-1-5-12(17)6-2-10/h1-8,14H,9H2,(H,18,19). The molecule has 1 unspecified atom stereocenters. The SMILES string of the molecule is O=C(O)C(Cc1ccc(I)cc1)Sc1ccc(Cl)cc1. The van der Waals surface area contributed by atoms with Crippen LogP contribution in [0.5, 0.6) is 0 Å². The fourth-order valence-corrected chi connectivity index (χ4v) is 3.18. The van der Waals surface area contributed by atoms with Crippen molar-refractivity contribution >= 4 is 51.9 Å². The normalized spacial score (nSPS) is 12.1. The van der Waals surface area contributed by atoms with E-state index in [2.05, 4.69) is 22.6 Å². The number of halogens is 2. The zero-order valence-corrected chi connectivity index (χ0v) is 14.2. The van der Waals surface area contributed by atoms with Gasteiger partial charge in [-0.3, -0.25) is 4.79 Å². The van der Waals surface area contributed by atoms with Gasteiger partial charge in [0.2, 0.25) is 0 Å². The van der Waals surface area contributed by atoms with Crippen LogP contribution in [0.2, 0.25) is 5.02 Å². The van der Waals surface area contributed by atoms with Crippen molar-refractivity contribution in [3.63, 3.8) is 0 Å². The van der Waals surface area contributed by atoms with Gasteiger partial charge in [-0.2, -0.15) is 0 Å². The van der Waals surface area contributed by atoms with Crippen LogP contribution < -0.4 is 0 Å². The number of thioether (sulfide) groups is 1. The van der Waals surface area contributed by atoms with Gasteiger partial charge in [0.25, 0.3) is 0 Å². The summed E-state index contributed by atoms with van der Waals surface area (Å²) >= 11 is 9.40. The van der Waals surface area contributed by atoms with Gasteiger partial charge in [-0.25, -0.2) is 0 Å². The summed E-state index contributed by atoms with van der Waals surface area (Å²) in [6.45, 7) is 0. The molecule has 1 N–H and O–H groups in total. The maximum atomic E-state index is 11.4. The number of rotatable bonds is 5. The first kappa shape index (κ1) is 15.7. The summed E-state index contributed by atoms with van der Waals surface area (Å²) in [5.41, 5.74) is 1.03. The second-order valence-corrected chi connectivity index (χ2v) is 7.19. The van der Waals surface area contributed by atoms with Crippen molar-refractivity contribution in [1.29, 1.82) is 0 Å². The van der Waals surface area contributed by atoms with Crippen molar-refractivity contribution in [2.45, 2.75) is 16.6 Å². The Kier molecular flexibility index (Phi) is 5.74. The van der Waals surface area contributed by atoms with E-state index in [0.717, 1.165) is 14.0 Å². The number of carboxylic acids is 1. The Labute approximate surface area is 140 Å². The molecule has 0 radical (unpaired) electrons. The van der Waals surface area contributed by atoms with Gasteiger partial charge < -0.3 is 5.11 Å². The highest BCUT2D eigenvalue weighted by atomic mass is 127. The predicted octanol–water partition coefficient (Wildman–Crippen LogP) is 4.73. The molecule has 2 aromatic carbocycles. The minimum absolute atomic E-state index is 0.500. The Bertz CT molecular complexity index is 536. The molecule has 20 heavy (non-hydrogen) atoms. The lowest BCUT2D eigenvalue weighted by atomic mass is 10.1. The van der Waals surface area contributed by atoms with Crippen LogP contribution in [-0.4, -0.2) is 16.3 Å². The van der Waals surface area contributed by atoms with Crippen molar-refractivity contribution in [1.82, 2.24) is 0 Å². The van der Waals surface area contributed by atoms with E-state index in [4.69, 9.17) is 11.6 Å². The average Bonchev–Trinajstić information content (AvgIpc) is 2.42. The fraction of sp³-hybridized carbons (Fsp3) is 0.133. The second kappa shape index (κ2) is 7.33. The highest BCUT2D eigenvalue weighted by Gasteiger charge is 2.19. The quantitative estimate of drug-likeness (QED) is 0.563. The molecular formula is C15H12ClIO2S. The molecule has 0 saturated heterocycles. The van der Waals surface area contributed by atoms with Crippen molar-refractivity contribution in [3.05, 3.63) is 62.7 Å². The summed E-state index contributed by atoms with van der Waals surface area (Å²) in [6.07, 6.45) is 0.500. The number of aliphatic carboxylic acids is 1. The Hall–Kier alpha value is -0.720. The van der Waals surface area contributed by atoms with E-state index in [1.807, 2.05) is 36.4 Å². The first-order chi connectivity index (χ1) is 9.54. The number of benzene rings is 2. The molecule has 104 valence electrons. The van der Waals surface area contributed by atoms with E-state index < -0.39 is 11.2 Å². The minimum atomic E-state index is -0.802. The summed E-state index contributed by atoms with van der Waals surface area (Å²) < 4.78 is 1.14. The molecule has 2 aromatic rings. The van der Waals surface area contributed by atoms with Gasteiger partial charge in [0, 0.05) is 13.5 Å². The molecule has 0 bridgehead atoms. The lowest BCUT2D eigenvalue weighted by Gasteiger charge is -2.12. The minimum Gasteiger partial charge on any atom is -0.480 e. The molecule has 0 aromatic heterocycles. The smallest absolute Gasteiger partial charge is 0.317 e. The van der Waals surface area contributed by atoms with Crippen molar-refractivity contribution in [2.75, 3.05) is 0 Å². The molecule has 0 aliphatic rings. The Balaban J connectivity index is 2.09. The van der Waals surface area contributed by atoms with Gasteiger partial charge >= 0.3 is 5.97 Å². The third-order valence-electron chi connectivity index (χ3n) is 2.70. The van der Waals surface area contributed by atoms with Crippen LogP contribution in [0.1, 0.15) is 5.56 Å². The summed E-state index contributed by atoms with van der Waals surface area (Å²) in [4.78, 5) is 12.3. The van der Waals surface area contributed by atoms with Crippen LogP contribution in [0.3, 0.4) is 0 Å². The maximum Gasteiger partial charge on any atom is 0.317 e. The second-order valence-electron chi connectivity index (χ2n) is 4.23. The van der Waals surface area contributed by atoms with Crippen LogP contribution in [-0.2, 0) is 11.2 Å². The molecule has 0 saturated carbocycles. The predicted molar refractivity (Wildman–Crippen MR) is 91.6 cm³/mol. The molecule has 2 nitrogen and oxygen atoms in total. The molecule has 5 heteroatoms. The lowest BCUT2D eigenvalue weighted by Crippen LogP contribution is -2.19. The lowest BCUT2D eigenvalue weighted by molar-refractivity contribution is -0.136. The van der Waals surface area contributed by atoms with Crippen LogP contribution in [0, 0.1) is 3.57 Å². The van der Waals surface area contributed by atoms with Gasteiger partial charge in [-0.1, -0.05) is 23.7 Å². The molecule has 0 fully saturated rings. The number of hydrogen-bond acceptors (Lipinski definition) is 2. The molecule has 0 aliphatic heterocycles. The third-order valence-corrected chi connectivity index (χ3v) is 4.87. The topological polar surface area (TPSA) is 37.3 Å². The summed E-state index contributed by atoms with van der Waals surface area (Å²) in [5.74, 6) is -0.802.